The molecule has 0 spiro atoms. The van der Waals surface area contributed by atoms with Crippen LogP contribution in [-0.4, -0.2) is 5.17 Å². The first-order valence-electron chi connectivity index (χ1n) is 2.73. The predicted molar refractivity (Wildman–Crippen MR) is 40.3 cm³/mol. The van der Waals surface area contributed by atoms with Gasteiger partial charge in [0, 0.05) is 0 Å². The Balaban J connectivity index is 2.35. The third-order valence-corrected chi connectivity index (χ3v) is 1.05. The standard InChI is InChI=1S/C6H7NO2S/c7-6(10)9-4-5-2-1-3-8-5/h1-3H,4H2,(H2,7,10). The molecule has 1 aromatic heterocycles. The number of hydrogen-bond acceptors (Lipinski definition) is 3. The molecule has 0 radical (unpaired) electrons. The van der Waals surface area contributed by atoms with Crippen LogP contribution in [0.15, 0.2) is 22.8 Å². The van der Waals surface area contributed by atoms with E-state index in [1.807, 2.05) is 0 Å². The molecule has 0 bridgehead atoms. The van der Waals surface area contributed by atoms with E-state index < -0.39 is 0 Å². The fraction of sp³-hybridized carbons (Fsp3) is 0.167. The van der Waals surface area contributed by atoms with Gasteiger partial charge in [0.15, 0.2) is 0 Å². The molecule has 1 aromatic rings. The maximum absolute atomic E-state index is 5.08. The Morgan fingerprint density at radius 1 is 1.80 bits per heavy atom. The fourth-order valence-corrected chi connectivity index (χ4v) is 0.596. The van der Waals surface area contributed by atoms with Crippen molar-refractivity contribution in [3.63, 3.8) is 0 Å². The van der Waals surface area contributed by atoms with Crippen LogP contribution in [0, 0.1) is 0 Å². The van der Waals surface area contributed by atoms with Crippen molar-refractivity contribution in [1.82, 2.24) is 0 Å². The Labute approximate surface area is 63.8 Å². The van der Waals surface area contributed by atoms with Crippen LogP contribution in [0.1, 0.15) is 5.76 Å². The Bertz CT molecular complexity index is 208. The molecular formula is C6H7NO2S. The lowest BCUT2D eigenvalue weighted by Crippen LogP contribution is -2.11. The maximum atomic E-state index is 5.08. The lowest BCUT2D eigenvalue weighted by atomic mass is 10.5. The lowest BCUT2D eigenvalue weighted by molar-refractivity contribution is 0.261. The highest BCUT2D eigenvalue weighted by Gasteiger charge is 1.94. The van der Waals surface area contributed by atoms with Crippen molar-refractivity contribution in [1.29, 1.82) is 0 Å². The van der Waals surface area contributed by atoms with Gasteiger partial charge in [-0.2, -0.15) is 0 Å². The number of hydrogen-bond donors (Lipinski definition) is 1. The molecule has 0 saturated heterocycles. The molecule has 0 atom stereocenters. The van der Waals surface area contributed by atoms with E-state index in [9.17, 15) is 0 Å². The summed E-state index contributed by atoms with van der Waals surface area (Å²) in [5, 5.41) is 0.0383. The zero-order valence-electron chi connectivity index (χ0n) is 5.24. The van der Waals surface area contributed by atoms with Crippen molar-refractivity contribution in [3.05, 3.63) is 24.2 Å². The van der Waals surface area contributed by atoms with Crippen molar-refractivity contribution in [2.75, 3.05) is 0 Å². The van der Waals surface area contributed by atoms with Gasteiger partial charge in [0.2, 0.25) is 0 Å². The van der Waals surface area contributed by atoms with Crippen LogP contribution in [0.25, 0.3) is 0 Å². The van der Waals surface area contributed by atoms with Crippen LogP contribution >= 0.6 is 12.2 Å². The van der Waals surface area contributed by atoms with Crippen molar-refractivity contribution >= 4 is 17.4 Å². The third-order valence-electron chi connectivity index (χ3n) is 0.937. The summed E-state index contributed by atoms with van der Waals surface area (Å²) in [6, 6.07) is 3.57. The Kier molecular flexibility index (Phi) is 2.28. The second-order valence-corrected chi connectivity index (χ2v) is 2.09. The van der Waals surface area contributed by atoms with Gasteiger partial charge in [0.25, 0.3) is 5.17 Å². The van der Waals surface area contributed by atoms with E-state index in [0.29, 0.717) is 12.4 Å². The van der Waals surface area contributed by atoms with E-state index >= 15 is 0 Å². The van der Waals surface area contributed by atoms with Gasteiger partial charge in [-0.05, 0) is 24.4 Å². The second-order valence-electron chi connectivity index (χ2n) is 1.69. The molecule has 1 heterocycles. The van der Waals surface area contributed by atoms with Gasteiger partial charge in [0.1, 0.15) is 12.4 Å². The molecule has 0 aliphatic rings. The molecule has 2 N–H and O–H groups in total. The van der Waals surface area contributed by atoms with E-state index in [4.69, 9.17) is 14.9 Å². The molecule has 3 nitrogen and oxygen atoms in total. The normalized spacial score (nSPS) is 9.20. The van der Waals surface area contributed by atoms with Gasteiger partial charge >= 0.3 is 0 Å². The highest BCUT2D eigenvalue weighted by molar-refractivity contribution is 7.80. The van der Waals surface area contributed by atoms with Gasteiger partial charge in [-0.25, -0.2) is 0 Å². The Morgan fingerprint density at radius 3 is 3.10 bits per heavy atom. The van der Waals surface area contributed by atoms with Crippen LogP contribution in [0.2, 0.25) is 0 Å². The maximum Gasteiger partial charge on any atom is 0.254 e. The monoisotopic (exact) mass is 157 g/mol. The smallest absolute Gasteiger partial charge is 0.254 e. The second kappa shape index (κ2) is 3.22. The summed E-state index contributed by atoms with van der Waals surface area (Å²) in [4.78, 5) is 0. The van der Waals surface area contributed by atoms with E-state index in [1.165, 1.54) is 0 Å². The van der Waals surface area contributed by atoms with E-state index in [1.54, 1.807) is 18.4 Å². The average molecular weight is 157 g/mol. The zero-order chi connectivity index (χ0) is 7.40. The highest BCUT2D eigenvalue weighted by atomic mass is 32.1. The number of ether oxygens (including phenoxy) is 1. The zero-order valence-corrected chi connectivity index (χ0v) is 6.06. The lowest BCUT2D eigenvalue weighted by Gasteiger charge is -1.97. The summed E-state index contributed by atoms with van der Waals surface area (Å²) in [7, 11) is 0. The summed E-state index contributed by atoms with van der Waals surface area (Å²) in [6.45, 7) is 0.308. The summed E-state index contributed by atoms with van der Waals surface area (Å²) < 4.78 is 9.75. The van der Waals surface area contributed by atoms with Gasteiger partial charge < -0.3 is 14.9 Å². The SMILES string of the molecule is NC(=S)OCc1ccco1. The number of rotatable bonds is 2. The summed E-state index contributed by atoms with van der Waals surface area (Å²) in [5.41, 5.74) is 5.08. The molecule has 0 unspecified atom stereocenters. The van der Waals surface area contributed by atoms with Crippen LogP contribution in [0.3, 0.4) is 0 Å². The summed E-state index contributed by atoms with van der Waals surface area (Å²) in [6.07, 6.45) is 1.57. The van der Waals surface area contributed by atoms with E-state index in [2.05, 4.69) is 12.2 Å². The van der Waals surface area contributed by atoms with Gasteiger partial charge in [-0.3, -0.25) is 0 Å². The number of furan rings is 1. The molecule has 0 fully saturated rings. The van der Waals surface area contributed by atoms with Crippen LogP contribution in [0.5, 0.6) is 0 Å². The topological polar surface area (TPSA) is 48.4 Å². The minimum Gasteiger partial charge on any atom is -0.466 e. The minimum atomic E-state index is 0.0383. The average Bonchev–Trinajstić information content (AvgIpc) is 2.34. The first-order chi connectivity index (χ1) is 4.79. The highest BCUT2D eigenvalue weighted by Crippen LogP contribution is 2.00. The van der Waals surface area contributed by atoms with Crippen molar-refractivity contribution in [2.45, 2.75) is 6.61 Å². The molecule has 4 heteroatoms. The van der Waals surface area contributed by atoms with E-state index in [0.717, 1.165) is 0 Å². The molecule has 0 aliphatic heterocycles. The Hall–Kier alpha value is -1.03. The quantitative estimate of drug-likeness (QED) is 0.651. The predicted octanol–water partition coefficient (Wildman–Crippen LogP) is 1.04. The molecule has 0 saturated carbocycles. The first kappa shape index (κ1) is 7.08. The van der Waals surface area contributed by atoms with Crippen LogP contribution in [0.4, 0.5) is 0 Å². The van der Waals surface area contributed by atoms with Crippen molar-refractivity contribution in [3.8, 4) is 0 Å². The van der Waals surface area contributed by atoms with Gasteiger partial charge in [-0.1, -0.05) is 0 Å². The summed E-state index contributed by atoms with van der Waals surface area (Å²) in [5.74, 6) is 0.716. The first-order valence-corrected chi connectivity index (χ1v) is 3.14. The Morgan fingerprint density at radius 2 is 2.60 bits per heavy atom. The minimum absolute atomic E-state index is 0.0383. The van der Waals surface area contributed by atoms with Gasteiger partial charge in [0.05, 0.1) is 6.26 Å². The summed E-state index contributed by atoms with van der Waals surface area (Å²) >= 11 is 4.48. The molecule has 1 rings (SSSR count). The molecule has 0 aromatic carbocycles. The van der Waals surface area contributed by atoms with Crippen LogP contribution in [-0.2, 0) is 11.3 Å². The third kappa shape index (κ3) is 2.06. The van der Waals surface area contributed by atoms with E-state index in [-0.39, 0.29) is 5.17 Å². The number of thiocarbonyl (C=S) groups is 1. The van der Waals surface area contributed by atoms with Gasteiger partial charge in [-0.15, -0.1) is 0 Å². The molecule has 10 heavy (non-hydrogen) atoms. The molecule has 0 amide bonds. The largest absolute Gasteiger partial charge is 0.466 e. The van der Waals surface area contributed by atoms with Crippen molar-refractivity contribution in [2.24, 2.45) is 5.73 Å². The van der Waals surface area contributed by atoms with Crippen molar-refractivity contribution < 1.29 is 9.15 Å². The number of nitrogens with two attached hydrogens (primary N) is 1. The van der Waals surface area contributed by atoms with Crippen LogP contribution < -0.4 is 5.73 Å². The fourth-order valence-electron chi connectivity index (χ4n) is 0.537. The molecule has 54 valence electrons. The molecule has 0 aliphatic carbocycles. The molecular weight excluding hydrogens is 150 g/mol.